The van der Waals surface area contributed by atoms with E-state index in [2.05, 4.69) is 19.2 Å². The Balaban J connectivity index is 2.32. The second-order valence-electron chi connectivity index (χ2n) is 4.64. The Labute approximate surface area is 88.1 Å². The standard InChI is InChI=1S/C12H25NO/c1-3-11-6-4-5-7-12(11)13-10(2)8-9-14/h10-14H,3-9H2,1-2H3/t10-,11?,12?/m1/s1. The van der Waals surface area contributed by atoms with Gasteiger partial charge in [-0.2, -0.15) is 0 Å². The summed E-state index contributed by atoms with van der Waals surface area (Å²) in [5, 5.41) is 12.5. The first-order chi connectivity index (χ1) is 6.77. The Bertz CT molecular complexity index is 149. The molecule has 0 bridgehead atoms. The zero-order chi connectivity index (χ0) is 10.4. The van der Waals surface area contributed by atoms with E-state index in [0.29, 0.717) is 18.7 Å². The van der Waals surface area contributed by atoms with Gasteiger partial charge in [0.25, 0.3) is 0 Å². The molecule has 0 radical (unpaired) electrons. The molecule has 14 heavy (non-hydrogen) atoms. The van der Waals surface area contributed by atoms with Gasteiger partial charge in [-0.3, -0.25) is 0 Å². The Morgan fingerprint density at radius 2 is 2.07 bits per heavy atom. The molecule has 3 atom stereocenters. The van der Waals surface area contributed by atoms with Crippen LogP contribution in [0.3, 0.4) is 0 Å². The van der Waals surface area contributed by atoms with Crippen molar-refractivity contribution in [2.24, 2.45) is 5.92 Å². The summed E-state index contributed by atoms with van der Waals surface area (Å²) in [6.45, 7) is 4.77. The van der Waals surface area contributed by atoms with E-state index < -0.39 is 0 Å². The maximum Gasteiger partial charge on any atom is 0.0445 e. The molecule has 2 nitrogen and oxygen atoms in total. The summed E-state index contributed by atoms with van der Waals surface area (Å²) in [4.78, 5) is 0. The van der Waals surface area contributed by atoms with Crippen LogP contribution >= 0.6 is 0 Å². The van der Waals surface area contributed by atoms with Crippen molar-refractivity contribution in [3.63, 3.8) is 0 Å². The van der Waals surface area contributed by atoms with E-state index in [9.17, 15) is 0 Å². The van der Waals surface area contributed by atoms with E-state index in [1.807, 2.05) is 0 Å². The monoisotopic (exact) mass is 199 g/mol. The van der Waals surface area contributed by atoms with Gasteiger partial charge in [-0.25, -0.2) is 0 Å². The van der Waals surface area contributed by atoms with E-state index in [-0.39, 0.29) is 0 Å². The fraction of sp³-hybridized carbons (Fsp3) is 1.00. The van der Waals surface area contributed by atoms with Crippen molar-refractivity contribution in [2.45, 2.75) is 64.5 Å². The molecule has 2 heteroatoms. The number of rotatable bonds is 5. The normalized spacial score (nSPS) is 30.2. The Hall–Kier alpha value is -0.0800. The Morgan fingerprint density at radius 1 is 1.36 bits per heavy atom. The first-order valence-corrected chi connectivity index (χ1v) is 6.14. The summed E-state index contributed by atoms with van der Waals surface area (Å²) in [5.74, 6) is 0.866. The Morgan fingerprint density at radius 3 is 2.71 bits per heavy atom. The second-order valence-corrected chi connectivity index (χ2v) is 4.64. The van der Waals surface area contributed by atoms with E-state index in [1.54, 1.807) is 0 Å². The highest BCUT2D eigenvalue weighted by Crippen LogP contribution is 2.27. The van der Waals surface area contributed by atoms with Crippen molar-refractivity contribution in [3.8, 4) is 0 Å². The first-order valence-electron chi connectivity index (χ1n) is 6.14. The van der Waals surface area contributed by atoms with Crippen LogP contribution in [0.1, 0.15) is 52.4 Å². The van der Waals surface area contributed by atoms with Crippen LogP contribution in [0.4, 0.5) is 0 Å². The molecular formula is C12H25NO. The summed E-state index contributed by atoms with van der Waals surface area (Å²) in [7, 11) is 0. The third-order valence-electron chi connectivity index (χ3n) is 3.49. The van der Waals surface area contributed by atoms with Crippen molar-refractivity contribution in [1.82, 2.24) is 5.32 Å². The van der Waals surface area contributed by atoms with E-state index in [1.165, 1.54) is 32.1 Å². The van der Waals surface area contributed by atoms with Gasteiger partial charge in [0.1, 0.15) is 0 Å². The fourth-order valence-corrected chi connectivity index (χ4v) is 2.56. The molecule has 0 aliphatic heterocycles. The molecule has 1 rings (SSSR count). The maximum absolute atomic E-state index is 8.85. The fourth-order valence-electron chi connectivity index (χ4n) is 2.56. The average molecular weight is 199 g/mol. The molecule has 1 aliphatic rings. The van der Waals surface area contributed by atoms with E-state index in [0.717, 1.165) is 12.3 Å². The van der Waals surface area contributed by atoms with Crippen LogP contribution in [0.5, 0.6) is 0 Å². The molecule has 0 aromatic rings. The lowest BCUT2D eigenvalue weighted by Crippen LogP contribution is -2.43. The van der Waals surface area contributed by atoms with Gasteiger partial charge >= 0.3 is 0 Å². The SMILES string of the molecule is CCC1CCCCC1N[C@H](C)CCO. The number of hydrogen-bond donors (Lipinski definition) is 2. The highest BCUT2D eigenvalue weighted by molar-refractivity contribution is 4.82. The van der Waals surface area contributed by atoms with Gasteiger partial charge in [-0.05, 0) is 32.1 Å². The predicted octanol–water partition coefficient (Wildman–Crippen LogP) is 2.32. The van der Waals surface area contributed by atoms with Gasteiger partial charge in [-0.1, -0.05) is 26.2 Å². The predicted molar refractivity (Wildman–Crippen MR) is 60.3 cm³/mol. The van der Waals surface area contributed by atoms with Crippen molar-refractivity contribution < 1.29 is 5.11 Å². The molecule has 0 spiro atoms. The average Bonchev–Trinajstić information content (AvgIpc) is 2.19. The lowest BCUT2D eigenvalue weighted by molar-refractivity contribution is 0.215. The lowest BCUT2D eigenvalue weighted by Gasteiger charge is -2.33. The van der Waals surface area contributed by atoms with Gasteiger partial charge in [0.05, 0.1) is 0 Å². The molecule has 0 saturated heterocycles. The molecule has 0 aromatic carbocycles. The third kappa shape index (κ3) is 3.58. The molecule has 2 N–H and O–H groups in total. The quantitative estimate of drug-likeness (QED) is 0.712. The smallest absolute Gasteiger partial charge is 0.0445 e. The van der Waals surface area contributed by atoms with E-state index >= 15 is 0 Å². The zero-order valence-electron chi connectivity index (χ0n) is 9.63. The molecule has 0 heterocycles. The molecule has 1 fully saturated rings. The summed E-state index contributed by atoms with van der Waals surface area (Å²) in [6.07, 6.45) is 7.68. The van der Waals surface area contributed by atoms with Gasteiger partial charge < -0.3 is 10.4 Å². The zero-order valence-corrected chi connectivity index (χ0v) is 9.63. The minimum absolute atomic E-state index is 0.303. The van der Waals surface area contributed by atoms with Crippen LogP contribution < -0.4 is 5.32 Å². The number of hydrogen-bond acceptors (Lipinski definition) is 2. The number of nitrogens with one attached hydrogen (secondary N) is 1. The topological polar surface area (TPSA) is 32.3 Å². The second kappa shape index (κ2) is 6.41. The summed E-state index contributed by atoms with van der Waals surface area (Å²) < 4.78 is 0. The highest BCUT2D eigenvalue weighted by atomic mass is 16.3. The molecule has 2 unspecified atom stereocenters. The van der Waals surface area contributed by atoms with Gasteiger partial charge in [-0.15, -0.1) is 0 Å². The minimum atomic E-state index is 0.303. The van der Waals surface area contributed by atoms with Crippen LogP contribution in [-0.2, 0) is 0 Å². The van der Waals surface area contributed by atoms with Gasteiger partial charge in [0.15, 0.2) is 0 Å². The number of aliphatic hydroxyl groups excluding tert-OH is 1. The third-order valence-corrected chi connectivity index (χ3v) is 3.49. The maximum atomic E-state index is 8.85. The first kappa shape index (κ1) is 12.0. The summed E-state index contributed by atoms with van der Waals surface area (Å²) >= 11 is 0. The van der Waals surface area contributed by atoms with Crippen molar-refractivity contribution in [3.05, 3.63) is 0 Å². The number of aliphatic hydroxyl groups is 1. The summed E-state index contributed by atoms with van der Waals surface area (Å²) in [6, 6.07) is 1.17. The molecule has 0 aromatic heterocycles. The lowest BCUT2D eigenvalue weighted by atomic mass is 9.82. The largest absolute Gasteiger partial charge is 0.396 e. The van der Waals surface area contributed by atoms with Crippen LogP contribution in [0.2, 0.25) is 0 Å². The van der Waals surface area contributed by atoms with E-state index in [4.69, 9.17) is 5.11 Å². The minimum Gasteiger partial charge on any atom is -0.396 e. The molecule has 1 saturated carbocycles. The van der Waals surface area contributed by atoms with Crippen molar-refractivity contribution >= 4 is 0 Å². The van der Waals surface area contributed by atoms with Gasteiger partial charge in [0, 0.05) is 18.7 Å². The molecule has 84 valence electrons. The van der Waals surface area contributed by atoms with Crippen LogP contribution in [0.15, 0.2) is 0 Å². The molecule has 0 amide bonds. The van der Waals surface area contributed by atoms with Crippen molar-refractivity contribution in [2.75, 3.05) is 6.61 Å². The van der Waals surface area contributed by atoms with Crippen molar-refractivity contribution in [1.29, 1.82) is 0 Å². The van der Waals surface area contributed by atoms with Crippen LogP contribution in [0.25, 0.3) is 0 Å². The Kier molecular flexibility index (Phi) is 5.49. The molecule has 1 aliphatic carbocycles. The summed E-state index contributed by atoms with van der Waals surface area (Å²) in [5.41, 5.74) is 0. The highest BCUT2D eigenvalue weighted by Gasteiger charge is 2.24. The van der Waals surface area contributed by atoms with Crippen LogP contribution in [0, 0.1) is 5.92 Å². The van der Waals surface area contributed by atoms with Gasteiger partial charge in [0.2, 0.25) is 0 Å². The molecular weight excluding hydrogens is 174 g/mol. The van der Waals surface area contributed by atoms with Crippen LogP contribution in [-0.4, -0.2) is 23.8 Å².